The number of carbonyl (C=O) groups is 1. The third-order valence-corrected chi connectivity index (χ3v) is 10.5. The maximum Gasteiger partial charge on any atom is 0.334 e. The predicted octanol–water partition coefficient (Wildman–Crippen LogP) is 1.08. The van der Waals surface area contributed by atoms with Crippen LogP contribution in [0.15, 0.2) is 28.4 Å². The Morgan fingerprint density at radius 3 is 2.77 bits per heavy atom. The molecule has 9 heteroatoms. The van der Waals surface area contributed by atoms with Crippen molar-refractivity contribution in [3.8, 4) is 0 Å². The predicted molar refractivity (Wildman–Crippen MR) is 131 cm³/mol. The maximum absolute atomic E-state index is 12.7. The van der Waals surface area contributed by atoms with Crippen LogP contribution in [-0.4, -0.2) is 84.3 Å². The van der Waals surface area contributed by atoms with E-state index in [2.05, 4.69) is 34.4 Å². The van der Waals surface area contributed by atoms with Crippen molar-refractivity contribution in [1.82, 2.24) is 10.2 Å². The SMILES string of the molecule is CN=C(N)N1C=C[C@@H](CNCCO)[C@]23[C@@H]4CC[C@@](C)(CC[C@@H]12)[C@]31C[C@@](O)(COC)C(C(=O)O)=C1C4. The topological polar surface area (TPSA) is 141 Å². The van der Waals surface area contributed by atoms with E-state index in [0.29, 0.717) is 31.9 Å². The van der Waals surface area contributed by atoms with Gasteiger partial charge in [-0.3, -0.25) is 4.99 Å². The number of aliphatic imine (C=N–C) groups is 1. The van der Waals surface area contributed by atoms with Crippen molar-refractivity contribution in [2.75, 3.05) is 40.5 Å². The lowest BCUT2D eigenvalue weighted by molar-refractivity contribution is -0.208. The van der Waals surface area contributed by atoms with Gasteiger partial charge in [0.15, 0.2) is 5.96 Å². The molecule has 4 aliphatic carbocycles. The minimum absolute atomic E-state index is 0.0348. The highest BCUT2D eigenvalue weighted by molar-refractivity contribution is 5.92. The summed E-state index contributed by atoms with van der Waals surface area (Å²) in [6.07, 6.45) is 9.21. The monoisotopic (exact) mass is 488 g/mol. The summed E-state index contributed by atoms with van der Waals surface area (Å²) in [5.41, 5.74) is 5.06. The van der Waals surface area contributed by atoms with Gasteiger partial charge in [0.1, 0.15) is 5.60 Å². The van der Waals surface area contributed by atoms with E-state index >= 15 is 0 Å². The zero-order valence-electron chi connectivity index (χ0n) is 21.1. The molecule has 9 nitrogen and oxygen atoms in total. The Morgan fingerprint density at radius 1 is 1.37 bits per heavy atom. The summed E-state index contributed by atoms with van der Waals surface area (Å²) in [6, 6.07) is 0.0490. The van der Waals surface area contributed by atoms with Crippen LogP contribution in [0.4, 0.5) is 0 Å². The normalized spacial score (nSPS) is 44.0. The Kier molecular flexibility index (Phi) is 5.86. The number of allylic oxidation sites excluding steroid dienone is 1. The van der Waals surface area contributed by atoms with Crippen molar-refractivity contribution in [1.29, 1.82) is 0 Å². The van der Waals surface area contributed by atoms with Crippen molar-refractivity contribution >= 4 is 11.9 Å². The third kappa shape index (κ3) is 2.89. The van der Waals surface area contributed by atoms with Gasteiger partial charge in [0.05, 0.1) is 18.8 Å². The van der Waals surface area contributed by atoms with Crippen molar-refractivity contribution < 1.29 is 24.9 Å². The fraction of sp³-hybridized carbons (Fsp3) is 0.769. The summed E-state index contributed by atoms with van der Waals surface area (Å²) in [5.74, 6) is -0.199. The second-order valence-corrected chi connectivity index (χ2v) is 11.6. The average molecular weight is 489 g/mol. The highest BCUT2D eigenvalue weighted by Crippen LogP contribution is 2.84. The minimum Gasteiger partial charge on any atom is -0.478 e. The molecule has 3 fully saturated rings. The minimum atomic E-state index is -1.53. The fourth-order valence-electron chi connectivity index (χ4n) is 9.63. The number of methoxy groups -OCH3 is 1. The zero-order chi connectivity index (χ0) is 25.2. The summed E-state index contributed by atoms with van der Waals surface area (Å²) in [5, 5.41) is 35.2. The molecule has 6 N–H and O–H groups in total. The first-order valence-electron chi connectivity index (χ1n) is 12.9. The molecule has 0 aromatic carbocycles. The molecule has 35 heavy (non-hydrogen) atoms. The van der Waals surface area contributed by atoms with Crippen molar-refractivity contribution in [2.45, 2.75) is 57.1 Å². The van der Waals surface area contributed by atoms with Gasteiger partial charge >= 0.3 is 5.97 Å². The molecule has 0 unspecified atom stereocenters. The number of aliphatic hydroxyl groups is 2. The van der Waals surface area contributed by atoms with Gasteiger partial charge in [-0.15, -0.1) is 0 Å². The van der Waals surface area contributed by atoms with Crippen LogP contribution >= 0.6 is 0 Å². The lowest BCUT2D eigenvalue weighted by Gasteiger charge is -2.71. The van der Waals surface area contributed by atoms with Crippen molar-refractivity contribution in [2.24, 2.45) is 38.8 Å². The van der Waals surface area contributed by atoms with Crippen LogP contribution in [0, 0.1) is 28.1 Å². The molecule has 4 bridgehead atoms. The average Bonchev–Trinajstić information content (AvgIpc) is 3.18. The smallest absolute Gasteiger partial charge is 0.334 e. The molecule has 0 aromatic rings. The first-order valence-corrected chi connectivity index (χ1v) is 12.9. The molecule has 5 aliphatic rings. The van der Waals surface area contributed by atoms with E-state index < -0.39 is 17.0 Å². The Balaban J connectivity index is 1.79. The number of carboxylic acid groups (broad SMARTS) is 1. The number of carboxylic acids is 1. The fourth-order valence-corrected chi connectivity index (χ4v) is 9.63. The highest BCUT2D eigenvalue weighted by atomic mass is 16.5. The van der Waals surface area contributed by atoms with E-state index in [1.165, 1.54) is 7.11 Å². The number of hydrogen-bond acceptors (Lipinski definition) is 6. The van der Waals surface area contributed by atoms with Crippen LogP contribution < -0.4 is 11.1 Å². The second kappa shape index (κ2) is 8.30. The van der Waals surface area contributed by atoms with Gasteiger partial charge in [-0.05, 0) is 61.3 Å². The van der Waals surface area contributed by atoms with Crippen molar-refractivity contribution in [3.05, 3.63) is 23.4 Å². The standard InChI is InChI=1S/C26H40N4O5/c1-23-7-4-16-12-18-20(21(32)33)24(34,15-35-3)14-25(18,23)26(16)17(13-29-9-11-31)6-10-30(22(27)28-2)19(26)5-8-23/h6,10,16-17,19,29,31,34H,4-5,7-9,11-15H2,1-3H3,(H2,27,28)(H,32,33)/t16-,17+,19-,23+,24-,25-,26-/m1/s1. The molecule has 0 aromatic heterocycles. The Bertz CT molecular complexity index is 996. The lowest BCUT2D eigenvalue weighted by Crippen LogP contribution is -2.72. The molecule has 3 saturated carbocycles. The number of hydrogen-bond donors (Lipinski definition) is 5. The first kappa shape index (κ1) is 24.7. The van der Waals surface area contributed by atoms with Crippen molar-refractivity contribution in [3.63, 3.8) is 0 Å². The molecule has 0 saturated heterocycles. The summed E-state index contributed by atoms with van der Waals surface area (Å²) < 4.78 is 5.43. The largest absolute Gasteiger partial charge is 0.478 e. The van der Waals surface area contributed by atoms with E-state index in [-0.39, 0.29) is 47.5 Å². The molecular weight excluding hydrogens is 448 g/mol. The van der Waals surface area contributed by atoms with E-state index in [4.69, 9.17) is 10.5 Å². The number of nitrogens with zero attached hydrogens (tertiary/aromatic N) is 2. The van der Waals surface area contributed by atoms with Crippen LogP contribution in [-0.2, 0) is 9.53 Å². The number of guanidine groups is 1. The van der Waals surface area contributed by atoms with E-state index in [0.717, 1.165) is 31.3 Å². The maximum atomic E-state index is 12.7. The molecule has 7 atom stereocenters. The summed E-state index contributed by atoms with van der Waals surface area (Å²) in [4.78, 5) is 19.2. The van der Waals surface area contributed by atoms with Crippen LogP contribution in [0.3, 0.4) is 0 Å². The van der Waals surface area contributed by atoms with Crippen LogP contribution in [0.2, 0.25) is 0 Å². The molecule has 194 valence electrons. The van der Waals surface area contributed by atoms with Gasteiger partial charge in [0.25, 0.3) is 0 Å². The summed E-state index contributed by atoms with van der Waals surface area (Å²) in [7, 11) is 3.22. The lowest BCUT2D eigenvalue weighted by atomic mass is 9.35. The van der Waals surface area contributed by atoms with Crippen LogP contribution in [0.5, 0.6) is 0 Å². The molecule has 1 aliphatic heterocycles. The summed E-state index contributed by atoms with van der Waals surface area (Å²) in [6.45, 7) is 3.52. The first-order chi connectivity index (χ1) is 16.7. The van der Waals surface area contributed by atoms with Crippen LogP contribution in [0.1, 0.15) is 45.4 Å². The second-order valence-electron chi connectivity index (χ2n) is 11.6. The Labute approximate surface area is 207 Å². The molecule has 5 rings (SSSR count). The Morgan fingerprint density at radius 2 is 2.11 bits per heavy atom. The number of aliphatic carboxylic acids is 1. The van der Waals surface area contributed by atoms with E-state index in [1.54, 1.807) is 7.05 Å². The summed E-state index contributed by atoms with van der Waals surface area (Å²) >= 11 is 0. The zero-order valence-corrected chi connectivity index (χ0v) is 21.1. The molecular formula is C26H40N4O5. The number of aliphatic hydroxyl groups excluding tert-OH is 1. The van der Waals surface area contributed by atoms with Gasteiger partial charge in [0, 0.05) is 50.3 Å². The van der Waals surface area contributed by atoms with Gasteiger partial charge in [0.2, 0.25) is 0 Å². The number of ether oxygens (including phenoxy) is 1. The van der Waals surface area contributed by atoms with E-state index in [9.17, 15) is 20.1 Å². The molecule has 1 heterocycles. The van der Waals surface area contributed by atoms with Gasteiger partial charge in [-0.25, -0.2) is 4.79 Å². The van der Waals surface area contributed by atoms with E-state index in [1.807, 2.05) is 0 Å². The highest BCUT2D eigenvalue weighted by Gasteiger charge is 2.81. The van der Waals surface area contributed by atoms with Gasteiger partial charge in [-0.2, -0.15) is 0 Å². The van der Waals surface area contributed by atoms with Crippen LogP contribution in [0.25, 0.3) is 0 Å². The molecule has 2 spiro atoms. The number of rotatable bonds is 7. The Hall–Kier alpha value is -1.94. The van der Waals surface area contributed by atoms with Gasteiger partial charge in [-0.1, -0.05) is 13.0 Å². The molecule has 0 amide bonds. The van der Waals surface area contributed by atoms with Gasteiger partial charge < -0.3 is 36.0 Å². The number of nitrogens with two attached hydrogens (primary N) is 1. The molecule has 0 radical (unpaired) electrons. The third-order valence-electron chi connectivity index (χ3n) is 10.5. The quantitative estimate of drug-likeness (QED) is 0.204. The number of nitrogens with one attached hydrogen (secondary N) is 1.